The molecule has 39 heavy (non-hydrogen) atoms. The van der Waals surface area contributed by atoms with Crippen LogP contribution in [-0.4, -0.2) is 79.7 Å². The monoisotopic (exact) mass is 540 g/mol. The Kier molecular flexibility index (Phi) is 11.2. The van der Waals surface area contributed by atoms with Crippen LogP contribution in [0.2, 0.25) is 0 Å². The minimum Gasteiger partial charge on any atom is -0.508 e. The Bertz CT molecular complexity index is 1070. The van der Waals surface area contributed by atoms with Gasteiger partial charge in [-0.15, -0.1) is 0 Å². The zero-order chi connectivity index (χ0) is 27.3. The van der Waals surface area contributed by atoms with Crippen molar-refractivity contribution >= 4 is 0 Å². The highest BCUT2D eigenvalue weighted by Gasteiger charge is 2.28. The van der Waals surface area contributed by atoms with Crippen molar-refractivity contribution in [1.82, 2.24) is 9.80 Å². The summed E-state index contributed by atoms with van der Waals surface area (Å²) in [5.74, 6) is 2.70. The predicted molar refractivity (Wildman–Crippen MR) is 148 cm³/mol. The number of ether oxygens (including phenoxy) is 3. The number of phenols is 1. The van der Waals surface area contributed by atoms with Crippen LogP contribution in [0.15, 0.2) is 78.9 Å². The summed E-state index contributed by atoms with van der Waals surface area (Å²) in [5, 5.41) is 9.10. The van der Waals surface area contributed by atoms with Gasteiger partial charge in [-0.05, 0) is 66.9 Å². The molecule has 2 aliphatic heterocycles. The Morgan fingerprint density at radius 3 is 1.59 bits per heavy atom. The molecule has 5 rings (SSSR count). The standard InChI is InChI=1S/C19H22FNO2.C12H16FNO2/c20-11-4-12-21-13-19(14-21)23-18-9-7-17(8-10-18)22-15-16-5-2-1-3-6-16;13-6-1-7-14-8-12(9-14)16-11-4-2-10(15)3-5-11/h1-3,5-10,19H,4,11-15H2;2-5,12,15H,1,6-9H2. The van der Waals surface area contributed by atoms with Crippen molar-refractivity contribution in [3.63, 3.8) is 0 Å². The van der Waals surface area contributed by atoms with Gasteiger partial charge in [-0.3, -0.25) is 18.6 Å². The molecule has 2 aliphatic rings. The van der Waals surface area contributed by atoms with Crippen LogP contribution in [0, 0.1) is 0 Å². The van der Waals surface area contributed by atoms with Gasteiger partial charge in [0.15, 0.2) is 0 Å². The quantitative estimate of drug-likeness (QED) is 0.309. The lowest BCUT2D eigenvalue weighted by molar-refractivity contribution is 0.0183. The van der Waals surface area contributed by atoms with Crippen LogP contribution in [-0.2, 0) is 6.61 Å². The minimum atomic E-state index is -0.250. The largest absolute Gasteiger partial charge is 0.508 e. The first-order valence-electron chi connectivity index (χ1n) is 13.6. The van der Waals surface area contributed by atoms with Gasteiger partial charge in [-0.2, -0.15) is 0 Å². The average Bonchev–Trinajstić information content (AvgIpc) is 2.92. The Morgan fingerprint density at radius 2 is 1.10 bits per heavy atom. The van der Waals surface area contributed by atoms with E-state index in [9.17, 15) is 8.78 Å². The lowest BCUT2D eigenvalue weighted by Gasteiger charge is -2.38. The van der Waals surface area contributed by atoms with Gasteiger partial charge in [0.05, 0.1) is 13.3 Å². The third-order valence-electron chi connectivity index (χ3n) is 6.58. The molecule has 0 radical (unpaired) electrons. The summed E-state index contributed by atoms with van der Waals surface area (Å²) in [5.41, 5.74) is 1.15. The van der Waals surface area contributed by atoms with Crippen LogP contribution < -0.4 is 14.2 Å². The van der Waals surface area contributed by atoms with Crippen molar-refractivity contribution in [1.29, 1.82) is 0 Å². The zero-order valence-corrected chi connectivity index (χ0v) is 22.3. The van der Waals surface area contributed by atoms with Crippen molar-refractivity contribution in [3.05, 3.63) is 84.4 Å². The summed E-state index contributed by atoms with van der Waals surface area (Å²) in [4.78, 5) is 4.38. The number of halogens is 2. The average molecular weight is 541 g/mol. The lowest BCUT2D eigenvalue weighted by atomic mass is 10.1. The highest BCUT2D eigenvalue weighted by molar-refractivity contribution is 5.32. The molecule has 8 heteroatoms. The maximum absolute atomic E-state index is 12.1. The van der Waals surface area contributed by atoms with E-state index in [4.69, 9.17) is 19.3 Å². The third kappa shape index (κ3) is 9.71. The number of rotatable bonds is 13. The van der Waals surface area contributed by atoms with Crippen LogP contribution in [0.5, 0.6) is 23.0 Å². The van der Waals surface area contributed by atoms with Gasteiger partial charge in [-0.1, -0.05) is 30.3 Å². The van der Waals surface area contributed by atoms with E-state index in [2.05, 4.69) is 9.80 Å². The molecule has 0 aromatic heterocycles. The number of alkyl halides is 2. The second-order valence-electron chi connectivity index (χ2n) is 9.82. The van der Waals surface area contributed by atoms with E-state index >= 15 is 0 Å². The second kappa shape index (κ2) is 15.3. The van der Waals surface area contributed by atoms with Gasteiger partial charge < -0.3 is 19.3 Å². The van der Waals surface area contributed by atoms with Crippen LogP contribution in [0.3, 0.4) is 0 Å². The molecule has 2 fully saturated rings. The zero-order valence-electron chi connectivity index (χ0n) is 22.3. The Labute approximate surface area is 229 Å². The molecule has 2 saturated heterocycles. The molecular formula is C31H38F2N2O4. The van der Waals surface area contributed by atoms with Crippen molar-refractivity contribution in [3.8, 4) is 23.0 Å². The van der Waals surface area contributed by atoms with Gasteiger partial charge in [0.1, 0.15) is 41.8 Å². The fourth-order valence-electron chi connectivity index (χ4n) is 4.39. The maximum atomic E-state index is 12.1. The van der Waals surface area contributed by atoms with Crippen molar-refractivity contribution in [2.75, 3.05) is 52.6 Å². The van der Waals surface area contributed by atoms with E-state index in [1.165, 1.54) is 0 Å². The summed E-state index contributed by atoms with van der Waals surface area (Å²) in [6.45, 7) is 5.19. The van der Waals surface area contributed by atoms with Gasteiger partial charge in [0, 0.05) is 39.3 Å². The van der Waals surface area contributed by atoms with Crippen LogP contribution in [0.4, 0.5) is 8.78 Å². The SMILES string of the molecule is FCCCN1CC(Oc2ccc(OCc3ccccc3)cc2)C1.Oc1ccc(OC2CN(CCCF)C2)cc1. The molecule has 1 N–H and O–H groups in total. The molecule has 0 bridgehead atoms. The van der Waals surface area contributed by atoms with E-state index in [0.717, 1.165) is 62.1 Å². The van der Waals surface area contributed by atoms with E-state index in [1.807, 2.05) is 54.6 Å². The van der Waals surface area contributed by atoms with Crippen molar-refractivity contribution in [2.24, 2.45) is 0 Å². The van der Waals surface area contributed by atoms with Crippen LogP contribution in [0.25, 0.3) is 0 Å². The number of hydrogen-bond donors (Lipinski definition) is 1. The molecule has 0 saturated carbocycles. The molecular weight excluding hydrogens is 502 g/mol. The number of likely N-dealkylation sites (tertiary alicyclic amines) is 2. The number of phenolic OH excluding ortho intramolecular Hbond substituents is 1. The summed E-state index contributed by atoms with van der Waals surface area (Å²) >= 11 is 0. The van der Waals surface area contributed by atoms with Crippen LogP contribution in [0.1, 0.15) is 18.4 Å². The number of hydrogen-bond acceptors (Lipinski definition) is 6. The first-order valence-corrected chi connectivity index (χ1v) is 13.6. The van der Waals surface area contributed by atoms with E-state index < -0.39 is 0 Å². The molecule has 0 amide bonds. The molecule has 0 atom stereocenters. The number of nitrogens with zero attached hydrogens (tertiary/aromatic N) is 2. The first kappa shape index (κ1) is 28.6. The molecule has 3 aromatic rings. The van der Waals surface area contributed by atoms with Gasteiger partial charge >= 0.3 is 0 Å². The normalized spacial score (nSPS) is 15.9. The number of benzene rings is 3. The Morgan fingerprint density at radius 1 is 0.641 bits per heavy atom. The van der Waals surface area contributed by atoms with Crippen molar-refractivity contribution < 1.29 is 28.1 Å². The fraction of sp³-hybridized carbons (Fsp3) is 0.419. The molecule has 0 unspecified atom stereocenters. The summed E-state index contributed by atoms with van der Waals surface area (Å²) < 4.78 is 41.3. The second-order valence-corrected chi connectivity index (χ2v) is 9.82. The Hall–Kier alpha value is -3.36. The fourth-order valence-corrected chi connectivity index (χ4v) is 4.39. The maximum Gasteiger partial charge on any atom is 0.124 e. The van der Waals surface area contributed by atoms with E-state index in [-0.39, 0.29) is 31.3 Å². The summed E-state index contributed by atoms with van der Waals surface area (Å²) in [7, 11) is 0. The molecule has 3 aromatic carbocycles. The lowest BCUT2D eigenvalue weighted by Crippen LogP contribution is -2.53. The van der Waals surface area contributed by atoms with Gasteiger partial charge in [0.2, 0.25) is 0 Å². The van der Waals surface area contributed by atoms with Gasteiger partial charge in [0.25, 0.3) is 0 Å². The molecule has 2 heterocycles. The smallest absolute Gasteiger partial charge is 0.124 e. The molecule has 0 aliphatic carbocycles. The van der Waals surface area contributed by atoms with Crippen molar-refractivity contribution in [2.45, 2.75) is 31.7 Å². The summed E-state index contributed by atoms with van der Waals surface area (Å²) in [6.07, 6.45) is 1.63. The predicted octanol–water partition coefficient (Wildman–Crippen LogP) is 5.50. The highest BCUT2D eigenvalue weighted by atomic mass is 19.1. The van der Waals surface area contributed by atoms with E-state index in [1.54, 1.807) is 24.3 Å². The van der Waals surface area contributed by atoms with Crippen LogP contribution >= 0.6 is 0 Å². The molecule has 0 spiro atoms. The number of aromatic hydroxyl groups is 1. The van der Waals surface area contributed by atoms with Gasteiger partial charge in [-0.25, -0.2) is 0 Å². The topological polar surface area (TPSA) is 54.4 Å². The first-order chi connectivity index (χ1) is 19.1. The molecule has 6 nitrogen and oxygen atoms in total. The Balaban J connectivity index is 0.000000193. The minimum absolute atomic E-state index is 0.198. The summed E-state index contributed by atoms with van der Waals surface area (Å²) in [6, 6.07) is 24.5. The van der Waals surface area contributed by atoms with E-state index in [0.29, 0.717) is 19.4 Å². The molecule has 210 valence electrons. The third-order valence-corrected chi connectivity index (χ3v) is 6.58. The highest BCUT2D eigenvalue weighted by Crippen LogP contribution is 2.23.